The predicted molar refractivity (Wildman–Crippen MR) is 66.9 cm³/mol. The summed E-state index contributed by atoms with van der Waals surface area (Å²) in [5.41, 5.74) is 4.00. The average molecular weight is 220 g/mol. The summed E-state index contributed by atoms with van der Waals surface area (Å²) in [4.78, 5) is 13.9. The Labute approximate surface area is 97.5 Å². The summed E-state index contributed by atoms with van der Waals surface area (Å²) in [7, 11) is 5.59. The molecular formula is C13H20N2O. The van der Waals surface area contributed by atoms with Gasteiger partial charge in [0.15, 0.2) is 0 Å². The normalized spacial score (nSPS) is 14.5. The van der Waals surface area contributed by atoms with Crippen LogP contribution in [0.1, 0.15) is 19.8 Å². The van der Waals surface area contributed by atoms with E-state index in [2.05, 4.69) is 11.9 Å². The largest absolute Gasteiger partial charge is 0.377 e. The Bertz CT molecular complexity index is 369. The van der Waals surface area contributed by atoms with Crippen LogP contribution in [0.2, 0.25) is 0 Å². The van der Waals surface area contributed by atoms with Crippen molar-refractivity contribution < 1.29 is 4.79 Å². The van der Waals surface area contributed by atoms with Crippen molar-refractivity contribution in [3.05, 3.63) is 35.1 Å². The lowest BCUT2D eigenvalue weighted by Crippen LogP contribution is -2.26. The quantitative estimate of drug-likeness (QED) is 0.579. The summed E-state index contributed by atoms with van der Waals surface area (Å²) >= 11 is 0. The molecule has 0 aromatic carbocycles. The van der Waals surface area contributed by atoms with Crippen molar-refractivity contribution in [2.45, 2.75) is 19.8 Å². The molecule has 1 rings (SSSR count). The molecule has 0 saturated heterocycles. The van der Waals surface area contributed by atoms with E-state index in [1.54, 1.807) is 7.05 Å². The van der Waals surface area contributed by atoms with E-state index in [1.165, 1.54) is 5.57 Å². The topological polar surface area (TPSA) is 32.3 Å². The number of carbonyl (C=O) groups is 1. The van der Waals surface area contributed by atoms with E-state index in [0.717, 1.165) is 24.1 Å². The molecule has 0 unspecified atom stereocenters. The van der Waals surface area contributed by atoms with Crippen LogP contribution in [-0.2, 0) is 4.79 Å². The number of rotatable bonds is 4. The minimum atomic E-state index is -0.0499. The first-order valence-corrected chi connectivity index (χ1v) is 5.46. The predicted octanol–water partition coefficient (Wildman–Crippen LogP) is 1.84. The van der Waals surface area contributed by atoms with Gasteiger partial charge in [-0.05, 0) is 31.4 Å². The van der Waals surface area contributed by atoms with E-state index >= 15 is 0 Å². The highest BCUT2D eigenvalue weighted by Crippen LogP contribution is 2.35. The zero-order chi connectivity index (χ0) is 12.3. The van der Waals surface area contributed by atoms with Gasteiger partial charge in [0, 0.05) is 26.8 Å². The first kappa shape index (κ1) is 12.6. The number of hydrogen-bond donors (Lipinski definition) is 1. The van der Waals surface area contributed by atoms with E-state index < -0.39 is 0 Å². The van der Waals surface area contributed by atoms with Gasteiger partial charge in [0.05, 0.1) is 5.57 Å². The number of allylic oxidation sites excluding steroid dienone is 3. The van der Waals surface area contributed by atoms with Gasteiger partial charge in [-0.25, -0.2) is 0 Å². The van der Waals surface area contributed by atoms with E-state index in [1.807, 2.05) is 32.0 Å². The fraction of sp³-hybridized carbons (Fsp3) is 0.462. The highest BCUT2D eigenvalue weighted by atomic mass is 16.1. The van der Waals surface area contributed by atoms with Crippen molar-refractivity contribution in [3.8, 4) is 0 Å². The van der Waals surface area contributed by atoms with Crippen LogP contribution in [0.3, 0.4) is 0 Å². The van der Waals surface area contributed by atoms with Gasteiger partial charge < -0.3 is 10.2 Å². The Kier molecular flexibility index (Phi) is 3.93. The Morgan fingerprint density at radius 3 is 2.31 bits per heavy atom. The fourth-order valence-electron chi connectivity index (χ4n) is 1.67. The molecule has 0 heterocycles. The van der Waals surface area contributed by atoms with Gasteiger partial charge in [-0.15, -0.1) is 0 Å². The summed E-state index contributed by atoms with van der Waals surface area (Å²) in [5, 5.41) is 2.68. The zero-order valence-electron chi connectivity index (χ0n) is 10.6. The molecule has 88 valence electrons. The number of carbonyl (C=O) groups excluding carboxylic acids is 1. The smallest absolute Gasteiger partial charge is 0.253 e. The van der Waals surface area contributed by atoms with Crippen molar-refractivity contribution in [1.29, 1.82) is 0 Å². The number of amides is 1. The first-order chi connectivity index (χ1) is 7.47. The van der Waals surface area contributed by atoms with Gasteiger partial charge in [-0.1, -0.05) is 12.2 Å². The lowest BCUT2D eigenvalue weighted by Gasteiger charge is -2.19. The van der Waals surface area contributed by atoms with Crippen LogP contribution in [0, 0.1) is 0 Å². The lowest BCUT2D eigenvalue weighted by atomic mass is 10.1. The minimum absolute atomic E-state index is 0.0499. The third kappa shape index (κ3) is 2.99. The molecule has 1 amide bonds. The molecule has 3 nitrogen and oxygen atoms in total. The molecule has 3 heteroatoms. The molecule has 0 aliphatic heterocycles. The van der Waals surface area contributed by atoms with Crippen LogP contribution in [-0.4, -0.2) is 32.0 Å². The van der Waals surface area contributed by atoms with Gasteiger partial charge >= 0.3 is 0 Å². The maximum Gasteiger partial charge on any atom is 0.253 e. The van der Waals surface area contributed by atoms with Crippen molar-refractivity contribution >= 4 is 5.91 Å². The SMILES string of the molecule is C=C(C)/C=C(/C(=O)NC)C(=C1CC1)N(C)C. The first-order valence-electron chi connectivity index (χ1n) is 5.46. The van der Waals surface area contributed by atoms with Crippen molar-refractivity contribution in [2.24, 2.45) is 0 Å². The molecule has 0 spiro atoms. The molecule has 16 heavy (non-hydrogen) atoms. The van der Waals surface area contributed by atoms with Crippen molar-refractivity contribution in [3.63, 3.8) is 0 Å². The van der Waals surface area contributed by atoms with Crippen LogP contribution in [0.4, 0.5) is 0 Å². The summed E-state index contributed by atoms with van der Waals surface area (Å²) in [5.74, 6) is -0.0499. The molecule has 1 fully saturated rings. The van der Waals surface area contributed by atoms with Gasteiger partial charge in [0.2, 0.25) is 0 Å². The van der Waals surface area contributed by atoms with Crippen LogP contribution in [0.5, 0.6) is 0 Å². The highest BCUT2D eigenvalue weighted by Gasteiger charge is 2.25. The minimum Gasteiger partial charge on any atom is -0.377 e. The van der Waals surface area contributed by atoms with Crippen LogP contribution in [0.25, 0.3) is 0 Å². The summed E-state index contributed by atoms with van der Waals surface area (Å²) < 4.78 is 0. The third-order valence-corrected chi connectivity index (χ3v) is 2.40. The van der Waals surface area contributed by atoms with Gasteiger partial charge in [-0.2, -0.15) is 0 Å². The molecule has 0 aromatic rings. The molecule has 0 atom stereocenters. The molecule has 1 saturated carbocycles. The average Bonchev–Trinajstić information content (AvgIpc) is 2.98. The second-order valence-electron chi connectivity index (χ2n) is 4.33. The second-order valence-corrected chi connectivity index (χ2v) is 4.33. The van der Waals surface area contributed by atoms with Gasteiger partial charge in [-0.3, -0.25) is 4.79 Å². The van der Waals surface area contributed by atoms with Crippen LogP contribution >= 0.6 is 0 Å². The fourth-order valence-corrected chi connectivity index (χ4v) is 1.67. The Balaban J connectivity index is 3.15. The molecule has 1 aliphatic carbocycles. The van der Waals surface area contributed by atoms with Crippen molar-refractivity contribution in [2.75, 3.05) is 21.1 Å². The summed E-state index contributed by atoms with van der Waals surface area (Å²) in [6.45, 7) is 5.73. The van der Waals surface area contributed by atoms with Gasteiger partial charge in [0.1, 0.15) is 0 Å². The van der Waals surface area contributed by atoms with Gasteiger partial charge in [0.25, 0.3) is 5.91 Å². The third-order valence-electron chi connectivity index (χ3n) is 2.40. The van der Waals surface area contributed by atoms with Crippen LogP contribution < -0.4 is 5.32 Å². The van der Waals surface area contributed by atoms with E-state index in [0.29, 0.717) is 5.57 Å². The maximum absolute atomic E-state index is 11.8. The number of nitrogens with one attached hydrogen (secondary N) is 1. The van der Waals surface area contributed by atoms with E-state index in [4.69, 9.17) is 0 Å². The van der Waals surface area contributed by atoms with Crippen LogP contribution in [0.15, 0.2) is 35.1 Å². The monoisotopic (exact) mass is 220 g/mol. The Morgan fingerprint density at radius 2 is 2.00 bits per heavy atom. The number of hydrogen-bond acceptors (Lipinski definition) is 2. The Morgan fingerprint density at radius 1 is 1.44 bits per heavy atom. The van der Waals surface area contributed by atoms with E-state index in [9.17, 15) is 4.79 Å². The standard InChI is InChI=1S/C13H20N2O/c1-9(2)8-11(13(16)14-3)12(15(4)5)10-6-7-10/h8H,1,6-7H2,2-5H3,(H,14,16)/b11-8+. The van der Waals surface area contributed by atoms with E-state index in [-0.39, 0.29) is 5.91 Å². The molecule has 1 N–H and O–H groups in total. The molecule has 1 aliphatic rings. The molecular weight excluding hydrogens is 200 g/mol. The maximum atomic E-state index is 11.8. The summed E-state index contributed by atoms with van der Waals surface area (Å²) in [6.07, 6.45) is 4.04. The second kappa shape index (κ2) is 5.01. The van der Waals surface area contributed by atoms with Crippen molar-refractivity contribution in [1.82, 2.24) is 10.2 Å². The number of likely N-dealkylation sites (N-methyl/N-ethyl adjacent to an activating group) is 2. The summed E-state index contributed by atoms with van der Waals surface area (Å²) in [6, 6.07) is 0. The number of nitrogens with zero attached hydrogens (tertiary/aromatic N) is 1. The lowest BCUT2D eigenvalue weighted by molar-refractivity contribution is -0.116. The molecule has 0 bridgehead atoms. The highest BCUT2D eigenvalue weighted by molar-refractivity contribution is 5.98. The Hall–Kier alpha value is -1.51. The molecule has 0 aromatic heterocycles. The zero-order valence-corrected chi connectivity index (χ0v) is 10.6. The molecule has 0 radical (unpaired) electrons.